The zero-order valence-corrected chi connectivity index (χ0v) is 17.0. The molecule has 0 aliphatic carbocycles. The zero-order valence-electron chi connectivity index (χ0n) is 16.1. The van der Waals surface area contributed by atoms with Gasteiger partial charge in [0.25, 0.3) is 0 Å². The van der Waals surface area contributed by atoms with Gasteiger partial charge in [-0.15, -0.1) is 0 Å². The molecular formula is C20H24FN3O3S. The molecule has 28 heavy (non-hydrogen) atoms. The molecular weight excluding hydrogens is 381 g/mol. The first-order valence-corrected chi connectivity index (χ1v) is 10.7. The minimum atomic E-state index is -3.42. The van der Waals surface area contributed by atoms with Gasteiger partial charge < -0.3 is 5.32 Å². The van der Waals surface area contributed by atoms with Gasteiger partial charge in [0, 0.05) is 36.8 Å². The van der Waals surface area contributed by atoms with Crippen LogP contribution in [0.4, 0.5) is 10.2 Å². The van der Waals surface area contributed by atoms with Gasteiger partial charge in [-0.25, -0.2) is 17.8 Å². The number of rotatable bonds is 4. The molecule has 0 spiro atoms. The number of benzene rings is 1. The zero-order chi connectivity index (χ0) is 20.5. The highest BCUT2D eigenvalue weighted by Crippen LogP contribution is 2.29. The number of carbonyl (C=O) groups is 1. The summed E-state index contributed by atoms with van der Waals surface area (Å²) < 4.78 is 41.3. The quantitative estimate of drug-likeness (QED) is 0.844. The van der Waals surface area contributed by atoms with Gasteiger partial charge in [0.15, 0.2) is 0 Å². The topological polar surface area (TPSA) is 79.4 Å². The highest BCUT2D eigenvalue weighted by molar-refractivity contribution is 7.89. The van der Waals surface area contributed by atoms with Gasteiger partial charge in [-0.2, -0.15) is 4.31 Å². The summed E-state index contributed by atoms with van der Waals surface area (Å²) in [7, 11) is -3.42. The van der Waals surface area contributed by atoms with Gasteiger partial charge in [0.05, 0.1) is 5.25 Å². The molecule has 0 radical (unpaired) electrons. The number of hydrogen-bond acceptors (Lipinski definition) is 4. The lowest BCUT2D eigenvalue weighted by atomic mass is 10.0. The lowest BCUT2D eigenvalue weighted by Crippen LogP contribution is -2.47. The molecule has 0 bridgehead atoms. The third-order valence-electron chi connectivity index (χ3n) is 5.10. The van der Waals surface area contributed by atoms with E-state index in [2.05, 4.69) is 10.3 Å². The molecule has 3 rings (SSSR count). The third kappa shape index (κ3) is 4.23. The van der Waals surface area contributed by atoms with Gasteiger partial charge in [-0.3, -0.25) is 4.79 Å². The number of nitrogens with zero attached hydrogens (tertiary/aromatic N) is 2. The van der Waals surface area contributed by atoms with Crippen molar-refractivity contribution in [3.05, 3.63) is 47.9 Å². The molecule has 1 unspecified atom stereocenters. The van der Waals surface area contributed by atoms with Crippen molar-refractivity contribution in [1.29, 1.82) is 0 Å². The van der Waals surface area contributed by atoms with E-state index in [4.69, 9.17) is 0 Å². The summed E-state index contributed by atoms with van der Waals surface area (Å²) in [4.78, 5) is 15.2. The Morgan fingerprint density at radius 3 is 2.54 bits per heavy atom. The normalized spacial score (nSPS) is 22.0. The van der Waals surface area contributed by atoms with Crippen molar-refractivity contribution >= 4 is 21.7 Å². The number of anilines is 1. The number of carbonyl (C=O) groups excluding carboxylic acids is 1. The summed E-state index contributed by atoms with van der Waals surface area (Å²) in [5, 5.41) is 2.13. The molecule has 1 fully saturated rings. The van der Waals surface area contributed by atoms with Crippen molar-refractivity contribution in [3.8, 4) is 11.1 Å². The van der Waals surface area contributed by atoms with E-state index in [1.807, 2.05) is 6.92 Å². The summed E-state index contributed by atoms with van der Waals surface area (Å²) in [5.74, 6) is -0.248. The van der Waals surface area contributed by atoms with Gasteiger partial charge in [0.1, 0.15) is 11.6 Å². The van der Waals surface area contributed by atoms with E-state index >= 15 is 0 Å². The van der Waals surface area contributed by atoms with Crippen LogP contribution in [0, 0.1) is 5.82 Å². The molecule has 2 heterocycles. The fourth-order valence-electron chi connectivity index (χ4n) is 3.34. The van der Waals surface area contributed by atoms with Crippen LogP contribution in [0.1, 0.15) is 39.2 Å². The predicted octanol–water partition coefficient (Wildman–Crippen LogP) is 3.55. The summed E-state index contributed by atoms with van der Waals surface area (Å²) in [5.41, 5.74) is 1.68. The molecule has 1 aliphatic rings. The number of sulfonamides is 1. The molecule has 0 saturated carbocycles. The highest BCUT2D eigenvalue weighted by Gasteiger charge is 2.37. The van der Waals surface area contributed by atoms with E-state index in [0.717, 1.165) is 6.42 Å². The Hall–Kier alpha value is -2.32. The summed E-state index contributed by atoms with van der Waals surface area (Å²) in [6.07, 6.45) is 2.95. The number of nitrogens with one attached hydrogen (secondary N) is 1. The first-order valence-electron chi connectivity index (χ1n) is 9.21. The van der Waals surface area contributed by atoms with Gasteiger partial charge in [-0.1, -0.05) is 12.1 Å². The second-order valence-electron chi connectivity index (χ2n) is 7.25. The Labute approximate surface area is 164 Å². The number of pyridine rings is 1. The molecule has 6 nitrogen and oxygen atoms in total. The maximum atomic E-state index is 14.7. The van der Waals surface area contributed by atoms with E-state index in [-0.39, 0.29) is 18.5 Å². The molecule has 2 atom stereocenters. The molecule has 1 saturated heterocycles. The molecule has 1 N–H and O–H groups in total. The lowest BCUT2D eigenvalue weighted by Gasteiger charge is -2.36. The average Bonchev–Trinajstić information content (AvgIpc) is 2.63. The predicted molar refractivity (Wildman–Crippen MR) is 107 cm³/mol. The van der Waals surface area contributed by atoms with Crippen LogP contribution in [0.3, 0.4) is 0 Å². The van der Waals surface area contributed by atoms with Crippen molar-refractivity contribution in [2.75, 3.05) is 5.32 Å². The van der Waals surface area contributed by atoms with Gasteiger partial charge in [-0.05, 0) is 50.5 Å². The second-order valence-corrected chi connectivity index (χ2v) is 9.55. The standard InChI is InChI=1S/C20H24FN3O3S/c1-13-4-5-14(2)28(26,27)24(13)12-18-7-6-16(10-19(18)21)17-8-9-20(22-11-17)23-15(3)25/h6-11,13-14H,4-5,12H2,1-3H3,(H,22,23,25)/t13-,14?/m0/s1. The van der Waals surface area contributed by atoms with Crippen LogP contribution < -0.4 is 5.32 Å². The smallest absolute Gasteiger partial charge is 0.222 e. The van der Waals surface area contributed by atoms with Crippen LogP contribution >= 0.6 is 0 Å². The van der Waals surface area contributed by atoms with Gasteiger partial charge >= 0.3 is 0 Å². The summed E-state index contributed by atoms with van der Waals surface area (Å²) >= 11 is 0. The minimum absolute atomic E-state index is 0.0275. The fourth-order valence-corrected chi connectivity index (χ4v) is 5.16. The molecule has 150 valence electrons. The van der Waals surface area contributed by atoms with E-state index in [9.17, 15) is 17.6 Å². The monoisotopic (exact) mass is 405 g/mol. The van der Waals surface area contributed by atoms with E-state index in [1.54, 1.807) is 37.4 Å². The van der Waals surface area contributed by atoms with Gasteiger partial charge in [0.2, 0.25) is 15.9 Å². The molecule has 1 aromatic carbocycles. The summed E-state index contributed by atoms with van der Waals surface area (Å²) in [6, 6.07) is 7.99. The van der Waals surface area contributed by atoms with Crippen molar-refractivity contribution in [3.63, 3.8) is 0 Å². The average molecular weight is 405 g/mol. The van der Waals surface area contributed by atoms with Crippen LogP contribution in [0.15, 0.2) is 36.5 Å². The van der Waals surface area contributed by atoms with Crippen molar-refractivity contribution in [2.24, 2.45) is 0 Å². The first-order chi connectivity index (χ1) is 13.2. The van der Waals surface area contributed by atoms with E-state index in [1.165, 1.54) is 17.3 Å². The molecule has 1 aromatic heterocycles. The third-order valence-corrected chi connectivity index (χ3v) is 7.49. The largest absolute Gasteiger partial charge is 0.311 e. The minimum Gasteiger partial charge on any atom is -0.311 e. The molecule has 1 amide bonds. The Morgan fingerprint density at radius 2 is 1.93 bits per heavy atom. The number of hydrogen-bond donors (Lipinski definition) is 1. The Morgan fingerprint density at radius 1 is 1.21 bits per heavy atom. The van der Waals surface area contributed by atoms with E-state index in [0.29, 0.717) is 28.9 Å². The van der Waals surface area contributed by atoms with Crippen LogP contribution in [-0.4, -0.2) is 34.9 Å². The van der Waals surface area contributed by atoms with Crippen LogP contribution in [0.5, 0.6) is 0 Å². The van der Waals surface area contributed by atoms with Crippen LogP contribution in [0.25, 0.3) is 11.1 Å². The Bertz CT molecular complexity index is 977. The summed E-state index contributed by atoms with van der Waals surface area (Å²) in [6.45, 7) is 4.98. The molecule has 2 aromatic rings. The highest BCUT2D eigenvalue weighted by atomic mass is 32.2. The van der Waals surface area contributed by atoms with Crippen molar-refractivity contribution in [1.82, 2.24) is 9.29 Å². The number of halogens is 1. The van der Waals surface area contributed by atoms with Crippen molar-refractivity contribution < 1.29 is 17.6 Å². The Kier molecular flexibility index (Phi) is 5.81. The number of amides is 1. The second kappa shape index (κ2) is 7.97. The maximum absolute atomic E-state index is 14.7. The van der Waals surface area contributed by atoms with Crippen LogP contribution in [0.2, 0.25) is 0 Å². The first kappa shape index (κ1) is 20.4. The van der Waals surface area contributed by atoms with Crippen molar-refractivity contribution in [2.45, 2.75) is 51.4 Å². The SMILES string of the molecule is CC(=O)Nc1ccc(-c2ccc(CN3[C@@H](C)CCC(C)S3(=O)=O)c(F)c2)cn1. The molecule has 8 heteroatoms. The van der Waals surface area contributed by atoms with Crippen LogP contribution in [-0.2, 0) is 21.4 Å². The fraction of sp³-hybridized carbons (Fsp3) is 0.400. The Balaban J connectivity index is 1.82. The maximum Gasteiger partial charge on any atom is 0.222 e. The molecule has 1 aliphatic heterocycles. The lowest BCUT2D eigenvalue weighted by molar-refractivity contribution is -0.114. The van der Waals surface area contributed by atoms with E-state index < -0.39 is 21.1 Å². The number of aromatic nitrogens is 1.